The number of allylic oxidation sites excluding steroid dienone is 1. The number of hydrogen-bond donors (Lipinski definition) is 1. The Balaban J connectivity index is 2.53. The summed E-state index contributed by atoms with van der Waals surface area (Å²) < 4.78 is 1.12. The van der Waals surface area contributed by atoms with Crippen molar-refractivity contribution in [2.45, 2.75) is 31.8 Å². The van der Waals surface area contributed by atoms with Crippen LogP contribution in [0.5, 0.6) is 0 Å². The molecule has 0 aliphatic carbocycles. The van der Waals surface area contributed by atoms with Crippen molar-refractivity contribution < 1.29 is 5.11 Å². The van der Waals surface area contributed by atoms with Gasteiger partial charge in [-0.2, -0.15) is 0 Å². The summed E-state index contributed by atoms with van der Waals surface area (Å²) in [6.07, 6.45) is 4.20. The van der Waals surface area contributed by atoms with Crippen LogP contribution in [-0.2, 0) is 6.42 Å². The molecule has 14 heavy (non-hydrogen) atoms. The number of thiophene rings is 1. The quantitative estimate of drug-likeness (QED) is 0.811. The van der Waals surface area contributed by atoms with E-state index in [9.17, 15) is 5.11 Å². The maximum absolute atomic E-state index is 10.1. The molecule has 0 bridgehead atoms. The molecule has 0 fully saturated rings. The fraction of sp³-hybridized carbons (Fsp3) is 0.455. The summed E-state index contributed by atoms with van der Waals surface area (Å²) in [6, 6.07) is 4.07. The smallest absolute Gasteiger partial charge is 0.0701 e. The van der Waals surface area contributed by atoms with Gasteiger partial charge in [-0.15, -0.1) is 17.9 Å². The summed E-state index contributed by atoms with van der Waals surface area (Å²) in [6.45, 7) is 5.54. The van der Waals surface area contributed by atoms with Crippen molar-refractivity contribution in [2.75, 3.05) is 0 Å². The first kappa shape index (κ1) is 12.0. The van der Waals surface area contributed by atoms with Gasteiger partial charge >= 0.3 is 0 Å². The van der Waals surface area contributed by atoms with Crippen LogP contribution in [0.2, 0.25) is 0 Å². The number of hydrogen-bond acceptors (Lipinski definition) is 2. The van der Waals surface area contributed by atoms with E-state index in [0.717, 1.165) is 23.0 Å². The van der Waals surface area contributed by atoms with Gasteiger partial charge in [-0.25, -0.2) is 0 Å². The Labute approximate surface area is 97.6 Å². The fourth-order valence-electron chi connectivity index (χ4n) is 1.32. The van der Waals surface area contributed by atoms with E-state index in [1.54, 1.807) is 11.3 Å². The lowest BCUT2D eigenvalue weighted by Crippen LogP contribution is -2.26. The maximum Gasteiger partial charge on any atom is 0.0701 e. The molecule has 1 rings (SSSR count). The minimum absolute atomic E-state index is 0.613. The lowest BCUT2D eigenvalue weighted by Gasteiger charge is -2.21. The predicted molar refractivity (Wildman–Crippen MR) is 65.8 cm³/mol. The Kier molecular flexibility index (Phi) is 4.35. The molecule has 0 saturated heterocycles. The molecule has 3 heteroatoms. The fourth-order valence-corrected chi connectivity index (χ4v) is 2.99. The molecule has 1 heterocycles. The molecule has 0 aliphatic rings. The van der Waals surface area contributed by atoms with Crippen LogP contribution in [0.15, 0.2) is 28.6 Å². The third-order valence-corrected chi connectivity index (χ3v) is 3.69. The zero-order chi connectivity index (χ0) is 10.6. The second-order valence-electron chi connectivity index (χ2n) is 3.71. The molecule has 0 amide bonds. The zero-order valence-electron chi connectivity index (χ0n) is 8.29. The second kappa shape index (κ2) is 5.10. The van der Waals surface area contributed by atoms with Gasteiger partial charge in [-0.3, -0.25) is 0 Å². The minimum atomic E-state index is -0.613. The van der Waals surface area contributed by atoms with Crippen molar-refractivity contribution in [2.24, 2.45) is 0 Å². The first-order valence-corrected chi connectivity index (χ1v) is 6.22. The van der Waals surface area contributed by atoms with Crippen molar-refractivity contribution in [3.63, 3.8) is 0 Å². The van der Waals surface area contributed by atoms with Gasteiger partial charge in [0.2, 0.25) is 0 Å². The Bertz CT molecular complexity index is 304. The molecule has 1 atom stereocenters. The number of rotatable bonds is 5. The van der Waals surface area contributed by atoms with Gasteiger partial charge in [-0.1, -0.05) is 6.08 Å². The highest BCUT2D eigenvalue weighted by atomic mass is 79.9. The van der Waals surface area contributed by atoms with E-state index in [4.69, 9.17) is 0 Å². The molecule has 0 saturated carbocycles. The van der Waals surface area contributed by atoms with Crippen LogP contribution in [-0.4, -0.2) is 10.7 Å². The Morgan fingerprint density at radius 1 is 1.64 bits per heavy atom. The lowest BCUT2D eigenvalue weighted by molar-refractivity contribution is 0.0531. The largest absolute Gasteiger partial charge is 0.390 e. The van der Waals surface area contributed by atoms with Gasteiger partial charge in [0.25, 0.3) is 0 Å². The van der Waals surface area contributed by atoms with Crippen LogP contribution in [0, 0.1) is 0 Å². The van der Waals surface area contributed by atoms with Crippen LogP contribution in [0.4, 0.5) is 0 Å². The standard InChI is InChI=1S/C11H15BrOS/c1-3-4-7-11(2,13)8-9-5-6-10(12)14-9/h3,5-6,13H,1,4,7-8H2,2H3. The van der Waals surface area contributed by atoms with Crippen molar-refractivity contribution in [3.05, 3.63) is 33.5 Å². The molecule has 1 aromatic rings. The molecule has 0 aromatic carbocycles. The summed E-state index contributed by atoms with van der Waals surface area (Å²) >= 11 is 5.09. The van der Waals surface area contributed by atoms with Crippen molar-refractivity contribution in [1.82, 2.24) is 0 Å². The average molecular weight is 275 g/mol. The highest BCUT2D eigenvalue weighted by Gasteiger charge is 2.20. The van der Waals surface area contributed by atoms with E-state index in [0.29, 0.717) is 0 Å². The predicted octanol–water partition coefficient (Wildman–Crippen LogP) is 3.77. The SMILES string of the molecule is C=CCCC(C)(O)Cc1ccc(Br)s1. The van der Waals surface area contributed by atoms with Crippen molar-refractivity contribution in [3.8, 4) is 0 Å². The topological polar surface area (TPSA) is 20.2 Å². The molecule has 1 aromatic heterocycles. The van der Waals surface area contributed by atoms with Gasteiger partial charge < -0.3 is 5.11 Å². The van der Waals surface area contributed by atoms with Crippen LogP contribution in [0.3, 0.4) is 0 Å². The molecule has 78 valence electrons. The molecular weight excluding hydrogens is 260 g/mol. The molecule has 1 unspecified atom stereocenters. The van der Waals surface area contributed by atoms with E-state index in [1.807, 2.05) is 19.1 Å². The highest BCUT2D eigenvalue weighted by Crippen LogP contribution is 2.27. The molecule has 0 spiro atoms. The maximum atomic E-state index is 10.1. The van der Waals surface area contributed by atoms with Gasteiger partial charge in [0.15, 0.2) is 0 Å². The molecule has 0 radical (unpaired) electrons. The molecular formula is C11H15BrOS. The van der Waals surface area contributed by atoms with E-state index in [2.05, 4.69) is 28.6 Å². The zero-order valence-corrected chi connectivity index (χ0v) is 10.7. The molecule has 1 nitrogen and oxygen atoms in total. The van der Waals surface area contributed by atoms with Crippen LogP contribution in [0.25, 0.3) is 0 Å². The summed E-state index contributed by atoms with van der Waals surface area (Å²) in [5, 5.41) is 10.1. The number of aliphatic hydroxyl groups is 1. The van der Waals surface area contributed by atoms with Gasteiger partial charge in [-0.05, 0) is 47.8 Å². The van der Waals surface area contributed by atoms with E-state index < -0.39 is 5.60 Å². The lowest BCUT2D eigenvalue weighted by atomic mass is 9.95. The Morgan fingerprint density at radius 2 is 2.36 bits per heavy atom. The van der Waals surface area contributed by atoms with Gasteiger partial charge in [0.1, 0.15) is 0 Å². The number of halogens is 1. The van der Waals surface area contributed by atoms with E-state index in [-0.39, 0.29) is 0 Å². The van der Waals surface area contributed by atoms with Crippen molar-refractivity contribution in [1.29, 1.82) is 0 Å². The van der Waals surface area contributed by atoms with Crippen LogP contribution < -0.4 is 0 Å². The Morgan fingerprint density at radius 3 is 2.86 bits per heavy atom. The van der Waals surface area contributed by atoms with Crippen molar-refractivity contribution >= 4 is 27.3 Å². The first-order chi connectivity index (χ1) is 6.53. The second-order valence-corrected chi connectivity index (χ2v) is 6.25. The third kappa shape index (κ3) is 3.95. The summed E-state index contributed by atoms with van der Waals surface area (Å²) in [7, 11) is 0. The van der Waals surface area contributed by atoms with Crippen LogP contribution in [0.1, 0.15) is 24.6 Å². The highest BCUT2D eigenvalue weighted by molar-refractivity contribution is 9.11. The van der Waals surface area contributed by atoms with E-state index in [1.165, 1.54) is 4.88 Å². The molecule has 1 N–H and O–H groups in total. The Hall–Kier alpha value is -0.120. The minimum Gasteiger partial charge on any atom is -0.390 e. The van der Waals surface area contributed by atoms with Crippen LogP contribution >= 0.6 is 27.3 Å². The van der Waals surface area contributed by atoms with Gasteiger partial charge in [0, 0.05) is 11.3 Å². The van der Waals surface area contributed by atoms with E-state index >= 15 is 0 Å². The summed E-state index contributed by atoms with van der Waals surface area (Å²) in [5.41, 5.74) is -0.613. The molecule has 0 aliphatic heterocycles. The van der Waals surface area contributed by atoms with Gasteiger partial charge in [0.05, 0.1) is 9.39 Å². The monoisotopic (exact) mass is 274 g/mol. The normalized spacial score (nSPS) is 15.1. The summed E-state index contributed by atoms with van der Waals surface area (Å²) in [4.78, 5) is 1.21. The third-order valence-electron chi connectivity index (χ3n) is 2.07. The average Bonchev–Trinajstić information content (AvgIpc) is 2.47. The summed E-state index contributed by atoms with van der Waals surface area (Å²) in [5.74, 6) is 0. The first-order valence-electron chi connectivity index (χ1n) is 4.61.